The van der Waals surface area contributed by atoms with E-state index in [0.717, 1.165) is 24.5 Å². The second-order valence-electron chi connectivity index (χ2n) is 4.93. The molecule has 18 heavy (non-hydrogen) atoms. The number of benzene rings is 1. The Bertz CT molecular complexity index is 534. The standard InChI is InChI=1S/C13H17N5/c1-9-6-10(2)8-11(7-9)18-16-13(15-17-18)12-4-3-5-14-12/h6-8,12,14H,3-5H2,1-2H3. The van der Waals surface area contributed by atoms with E-state index in [2.05, 4.69) is 52.8 Å². The van der Waals surface area contributed by atoms with E-state index in [4.69, 9.17) is 0 Å². The molecule has 0 radical (unpaired) electrons. The van der Waals surface area contributed by atoms with Gasteiger partial charge < -0.3 is 5.32 Å². The summed E-state index contributed by atoms with van der Waals surface area (Å²) >= 11 is 0. The predicted molar refractivity (Wildman–Crippen MR) is 68.6 cm³/mol. The van der Waals surface area contributed by atoms with Crippen molar-refractivity contribution in [1.82, 2.24) is 25.5 Å². The average Bonchev–Trinajstić information content (AvgIpc) is 2.99. The van der Waals surface area contributed by atoms with Gasteiger partial charge in [0.1, 0.15) is 0 Å². The van der Waals surface area contributed by atoms with Gasteiger partial charge in [0.05, 0.1) is 11.7 Å². The first-order chi connectivity index (χ1) is 8.72. The number of aromatic nitrogens is 4. The lowest BCUT2D eigenvalue weighted by atomic mass is 10.1. The highest BCUT2D eigenvalue weighted by Gasteiger charge is 2.21. The molecule has 1 aromatic heterocycles. The van der Waals surface area contributed by atoms with Crippen molar-refractivity contribution in [2.75, 3.05) is 6.54 Å². The van der Waals surface area contributed by atoms with Crippen LogP contribution in [0.15, 0.2) is 18.2 Å². The van der Waals surface area contributed by atoms with Crippen molar-refractivity contribution in [3.8, 4) is 5.69 Å². The van der Waals surface area contributed by atoms with E-state index in [-0.39, 0.29) is 6.04 Å². The Hall–Kier alpha value is -1.75. The van der Waals surface area contributed by atoms with Gasteiger partial charge in [0.15, 0.2) is 5.82 Å². The fourth-order valence-electron chi connectivity index (χ4n) is 2.45. The van der Waals surface area contributed by atoms with E-state index in [1.165, 1.54) is 17.5 Å². The fraction of sp³-hybridized carbons (Fsp3) is 0.462. The van der Waals surface area contributed by atoms with Crippen LogP contribution in [0.3, 0.4) is 0 Å². The van der Waals surface area contributed by atoms with Crippen molar-refractivity contribution in [3.63, 3.8) is 0 Å². The quantitative estimate of drug-likeness (QED) is 0.872. The Kier molecular flexibility index (Phi) is 2.83. The first kappa shape index (κ1) is 11.3. The van der Waals surface area contributed by atoms with Gasteiger partial charge in [-0.25, -0.2) is 0 Å². The molecule has 94 valence electrons. The zero-order valence-corrected chi connectivity index (χ0v) is 10.7. The minimum absolute atomic E-state index is 0.268. The second-order valence-corrected chi connectivity index (χ2v) is 4.93. The summed E-state index contributed by atoms with van der Waals surface area (Å²) in [5, 5.41) is 16.2. The highest BCUT2D eigenvalue weighted by Crippen LogP contribution is 2.19. The van der Waals surface area contributed by atoms with Gasteiger partial charge in [0.25, 0.3) is 0 Å². The van der Waals surface area contributed by atoms with Crippen LogP contribution in [0.2, 0.25) is 0 Å². The zero-order chi connectivity index (χ0) is 12.5. The minimum atomic E-state index is 0.268. The van der Waals surface area contributed by atoms with Crippen molar-refractivity contribution in [2.45, 2.75) is 32.7 Å². The molecule has 2 heterocycles. The minimum Gasteiger partial charge on any atom is -0.307 e. The lowest BCUT2D eigenvalue weighted by Gasteiger charge is -2.04. The molecule has 1 fully saturated rings. The lowest BCUT2D eigenvalue weighted by Crippen LogP contribution is -2.14. The van der Waals surface area contributed by atoms with Gasteiger partial charge in [-0.15, -0.1) is 15.0 Å². The van der Waals surface area contributed by atoms with Gasteiger partial charge in [-0.3, -0.25) is 0 Å². The summed E-state index contributed by atoms with van der Waals surface area (Å²) in [7, 11) is 0. The maximum absolute atomic E-state index is 4.48. The van der Waals surface area contributed by atoms with E-state index < -0.39 is 0 Å². The Morgan fingerprint density at radius 2 is 2.00 bits per heavy atom. The second kappa shape index (κ2) is 4.49. The molecule has 5 nitrogen and oxygen atoms in total. The maximum atomic E-state index is 4.48. The molecule has 1 N–H and O–H groups in total. The van der Waals surface area contributed by atoms with Crippen LogP contribution in [0.5, 0.6) is 0 Å². The summed E-state index contributed by atoms with van der Waals surface area (Å²) in [4.78, 5) is 1.62. The topological polar surface area (TPSA) is 55.6 Å². The van der Waals surface area contributed by atoms with Crippen LogP contribution in [0.25, 0.3) is 5.69 Å². The van der Waals surface area contributed by atoms with Crippen LogP contribution in [0.1, 0.15) is 35.8 Å². The van der Waals surface area contributed by atoms with Crippen molar-refractivity contribution in [3.05, 3.63) is 35.2 Å². The average molecular weight is 243 g/mol. The van der Waals surface area contributed by atoms with E-state index in [1.54, 1.807) is 4.80 Å². The molecule has 3 rings (SSSR count). The van der Waals surface area contributed by atoms with Crippen LogP contribution in [0.4, 0.5) is 0 Å². The molecule has 1 unspecified atom stereocenters. The van der Waals surface area contributed by atoms with Crippen LogP contribution in [-0.4, -0.2) is 26.8 Å². The number of nitrogens with one attached hydrogen (secondary N) is 1. The number of aryl methyl sites for hydroxylation is 2. The molecule has 1 aliphatic rings. The van der Waals surface area contributed by atoms with Gasteiger partial charge >= 0.3 is 0 Å². The first-order valence-electron chi connectivity index (χ1n) is 6.34. The summed E-state index contributed by atoms with van der Waals surface area (Å²) in [5.74, 6) is 0.798. The highest BCUT2D eigenvalue weighted by molar-refractivity contribution is 5.37. The third kappa shape index (κ3) is 2.13. The van der Waals surface area contributed by atoms with Crippen molar-refractivity contribution < 1.29 is 0 Å². The summed E-state index contributed by atoms with van der Waals surface area (Å²) in [5.41, 5.74) is 3.40. The number of hydrogen-bond acceptors (Lipinski definition) is 4. The molecular weight excluding hydrogens is 226 g/mol. The van der Waals surface area contributed by atoms with E-state index in [9.17, 15) is 0 Å². The van der Waals surface area contributed by atoms with Crippen molar-refractivity contribution in [1.29, 1.82) is 0 Å². The summed E-state index contributed by atoms with van der Waals surface area (Å²) in [6, 6.07) is 6.55. The van der Waals surface area contributed by atoms with Crippen LogP contribution in [-0.2, 0) is 0 Å². The third-order valence-corrected chi connectivity index (χ3v) is 3.24. The van der Waals surface area contributed by atoms with Gasteiger partial charge in [-0.05, 0) is 61.7 Å². The predicted octanol–water partition coefficient (Wildman–Crippen LogP) is 1.70. The monoisotopic (exact) mass is 243 g/mol. The Morgan fingerprint density at radius 3 is 2.67 bits per heavy atom. The zero-order valence-electron chi connectivity index (χ0n) is 10.7. The molecule has 0 amide bonds. The largest absolute Gasteiger partial charge is 0.307 e. The molecule has 0 aliphatic carbocycles. The summed E-state index contributed by atoms with van der Waals surface area (Å²) in [6.07, 6.45) is 2.28. The van der Waals surface area contributed by atoms with E-state index in [0.29, 0.717) is 0 Å². The normalized spacial score (nSPS) is 19.3. The smallest absolute Gasteiger partial charge is 0.192 e. The van der Waals surface area contributed by atoms with Gasteiger partial charge in [0, 0.05) is 0 Å². The SMILES string of the molecule is Cc1cc(C)cc(-n2nnc(C3CCCN3)n2)c1. The molecular formula is C13H17N5. The molecule has 5 heteroatoms. The molecule has 1 atom stereocenters. The summed E-state index contributed by atoms with van der Waals surface area (Å²) < 4.78 is 0. The number of rotatable bonds is 2. The molecule has 1 aromatic carbocycles. The van der Waals surface area contributed by atoms with E-state index >= 15 is 0 Å². The van der Waals surface area contributed by atoms with Crippen LogP contribution >= 0.6 is 0 Å². The van der Waals surface area contributed by atoms with Gasteiger partial charge in [-0.2, -0.15) is 0 Å². The molecule has 1 aliphatic heterocycles. The Labute approximate surface area is 106 Å². The molecule has 0 spiro atoms. The van der Waals surface area contributed by atoms with Gasteiger partial charge in [-0.1, -0.05) is 6.07 Å². The van der Waals surface area contributed by atoms with Crippen LogP contribution in [0, 0.1) is 13.8 Å². The van der Waals surface area contributed by atoms with Crippen molar-refractivity contribution in [2.24, 2.45) is 0 Å². The van der Waals surface area contributed by atoms with E-state index in [1.807, 2.05) is 0 Å². The summed E-state index contributed by atoms with van der Waals surface area (Å²) in [6.45, 7) is 5.20. The number of nitrogens with zero attached hydrogens (tertiary/aromatic N) is 4. The third-order valence-electron chi connectivity index (χ3n) is 3.24. The Balaban J connectivity index is 1.92. The number of tetrazole rings is 1. The van der Waals surface area contributed by atoms with Gasteiger partial charge in [0.2, 0.25) is 0 Å². The molecule has 1 saturated heterocycles. The maximum Gasteiger partial charge on any atom is 0.192 e. The highest BCUT2D eigenvalue weighted by atomic mass is 15.6. The fourth-order valence-corrected chi connectivity index (χ4v) is 2.45. The number of hydrogen-bond donors (Lipinski definition) is 1. The lowest BCUT2D eigenvalue weighted by molar-refractivity contribution is 0.602. The first-order valence-corrected chi connectivity index (χ1v) is 6.34. The van der Waals surface area contributed by atoms with Crippen molar-refractivity contribution >= 4 is 0 Å². The molecule has 0 bridgehead atoms. The Morgan fingerprint density at radius 1 is 1.22 bits per heavy atom. The molecule has 2 aromatic rings. The van der Waals surface area contributed by atoms with Crippen LogP contribution < -0.4 is 5.32 Å². The molecule has 0 saturated carbocycles.